The standard InChI is InChI=1S/C17H26N2O6S/c1-13-10-15(14(2)19(13)4-7-24-3)16(20)12-25-17(21)11-18-5-8-26(22,23)9-6-18/h10H,4-9,11-12H2,1-3H3. The molecule has 1 aromatic rings. The molecular formula is C17H26N2O6S. The number of aromatic nitrogens is 1. The van der Waals surface area contributed by atoms with Crippen LogP contribution in [0.3, 0.4) is 0 Å². The van der Waals surface area contributed by atoms with Gasteiger partial charge in [-0.1, -0.05) is 0 Å². The molecule has 26 heavy (non-hydrogen) atoms. The third kappa shape index (κ3) is 5.39. The molecule has 1 fully saturated rings. The number of aryl methyl sites for hydroxylation is 1. The lowest BCUT2D eigenvalue weighted by atomic mass is 10.1. The molecule has 2 heterocycles. The monoisotopic (exact) mass is 386 g/mol. The van der Waals surface area contributed by atoms with Crippen molar-refractivity contribution >= 4 is 21.6 Å². The molecule has 1 aliphatic rings. The molecule has 1 saturated heterocycles. The maximum atomic E-state index is 12.4. The van der Waals surface area contributed by atoms with Gasteiger partial charge >= 0.3 is 5.97 Å². The number of ketones is 1. The van der Waals surface area contributed by atoms with E-state index in [4.69, 9.17) is 9.47 Å². The van der Waals surface area contributed by atoms with Crippen molar-refractivity contribution in [3.05, 3.63) is 23.0 Å². The Hall–Kier alpha value is -1.71. The third-order valence-electron chi connectivity index (χ3n) is 4.55. The predicted molar refractivity (Wildman–Crippen MR) is 96.2 cm³/mol. The molecule has 146 valence electrons. The lowest BCUT2D eigenvalue weighted by Crippen LogP contribution is -2.43. The van der Waals surface area contributed by atoms with Gasteiger partial charge in [0.25, 0.3) is 0 Å². The quantitative estimate of drug-likeness (QED) is 0.465. The molecule has 0 bridgehead atoms. The minimum atomic E-state index is -2.99. The Kier molecular flexibility index (Phi) is 6.96. The molecule has 0 N–H and O–H groups in total. The van der Waals surface area contributed by atoms with E-state index in [1.165, 1.54) is 0 Å². The molecule has 0 aromatic carbocycles. The summed E-state index contributed by atoms with van der Waals surface area (Å²) in [4.78, 5) is 26.0. The van der Waals surface area contributed by atoms with Gasteiger partial charge in [0, 0.05) is 43.7 Å². The van der Waals surface area contributed by atoms with Gasteiger partial charge in [0.1, 0.15) is 0 Å². The zero-order chi connectivity index (χ0) is 19.3. The lowest BCUT2D eigenvalue weighted by Gasteiger charge is -2.25. The molecule has 1 aromatic heterocycles. The third-order valence-corrected chi connectivity index (χ3v) is 6.16. The first-order valence-electron chi connectivity index (χ1n) is 8.51. The van der Waals surface area contributed by atoms with Gasteiger partial charge < -0.3 is 14.0 Å². The van der Waals surface area contributed by atoms with Gasteiger partial charge in [-0.3, -0.25) is 14.5 Å². The summed E-state index contributed by atoms with van der Waals surface area (Å²) in [5.41, 5.74) is 2.31. The Morgan fingerprint density at radius 2 is 1.85 bits per heavy atom. The van der Waals surface area contributed by atoms with Crippen molar-refractivity contribution < 1.29 is 27.5 Å². The molecule has 0 spiro atoms. The van der Waals surface area contributed by atoms with Crippen LogP contribution in [-0.4, -0.2) is 81.1 Å². The number of hydrogen-bond acceptors (Lipinski definition) is 7. The number of esters is 1. The molecule has 0 amide bonds. The highest BCUT2D eigenvalue weighted by molar-refractivity contribution is 7.91. The molecule has 8 nitrogen and oxygen atoms in total. The molecule has 0 radical (unpaired) electrons. The molecule has 0 unspecified atom stereocenters. The van der Waals surface area contributed by atoms with Gasteiger partial charge in [-0.15, -0.1) is 0 Å². The van der Waals surface area contributed by atoms with E-state index in [2.05, 4.69) is 0 Å². The van der Waals surface area contributed by atoms with Crippen molar-refractivity contribution in [3.8, 4) is 0 Å². The maximum absolute atomic E-state index is 12.4. The highest BCUT2D eigenvalue weighted by Gasteiger charge is 2.24. The molecule has 0 saturated carbocycles. The van der Waals surface area contributed by atoms with Crippen molar-refractivity contribution in [3.63, 3.8) is 0 Å². The van der Waals surface area contributed by atoms with E-state index < -0.39 is 15.8 Å². The zero-order valence-electron chi connectivity index (χ0n) is 15.5. The van der Waals surface area contributed by atoms with Crippen LogP contribution >= 0.6 is 0 Å². The van der Waals surface area contributed by atoms with Gasteiger partial charge in [0.05, 0.1) is 24.7 Å². The number of methoxy groups -OCH3 is 1. The first-order chi connectivity index (χ1) is 12.2. The molecular weight excluding hydrogens is 360 g/mol. The average Bonchev–Trinajstić information content (AvgIpc) is 2.87. The Morgan fingerprint density at radius 1 is 1.19 bits per heavy atom. The Morgan fingerprint density at radius 3 is 2.46 bits per heavy atom. The summed E-state index contributed by atoms with van der Waals surface area (Å²) in [6.45, 7) is 5.26. The second-order valence-electron chi connectivity index (χ2n) is 6.44. The number of hydrogen-bond donors (Lipinski definition) is 0. The molecule has 0 atom stereocenters. The summed E-state index contributed by atoms with van der Waals surface area (Å²) in [5.74, 6) is -0.679. The second kappa shape index (κ2) is 8.79. The minimum absolute atomic E-state index is 0.00430. The zero-order valence-corrected chi connectivity index (χ0v) is 16.3. The van der Waals surface area contributed by atoms with Gasteiger partial charge in [-0.25, -0.2) is 8.42 Å². The fourth-order valence-corrected chi connectivity index (χ4v) is 4.25. The minimum Gasteiger partial charge on any atom is -0.456 e. The second-order valence-corrected chi connectivity index (χ2v) is 8.74. The smallest absolute Gasteiger partial charge is 0.320 e. The van der Waals surface area contributed by atoms with Crippen molar-refractivity contribution in [1.82, 2.24) is 9.47 Å². The Bertz CT molecular complexity index is 754. The van der Waals surface area contributed by atoms with Crippen LogP contribution < -0.4 is 0 Å². The van der Waals surface area contributed by atoms with Crippen molar-refractivity contribution in [2.24, 2.45) is 0 Å². The highest BCUT2D eigenvalue weighted by atomic mass is 32.2. The Labute approximate surface area is 154 Å². The van der Waals surface area contributed by atoms with Crippen molar-refractivity contribution in [1.29, 1.82) is 0 Å². The molecule has 1 aliphatic heterocycles. The van der Waals surface area contributed by atoms with Crippen LogP contribution in [0, 0.1) is 13.8 Å². The van der Waals surface area contributed by atoms with Crippen molar-refractivity contribution in [2.75, 3.05) is 51.5 Å². The summed E-state index contributed by atoms with van der Waals surface area (Å²) >= 11 is 0. The normalized spacial score (nSPS) is 17.2. The van der Waals surface area contributed by atoms with Crippen LogP contribution in [0.15, 0.2) is 6.07 Å². The van der Waals surface area contributed by atoms with Crippen LogP contribution in [-0.2, 0) is 30.7 Å². The number of nitrogens with zero attached hydrogens (tertiary/aromatic N) is 2. The predicted octanol–water partition coefficient (Wildman–Crippen LogP) is 0.208. The average molecular weight is 386 g/mol. The van der Waals surface area contributed by atoms with Crippen LogP contribution in [0.25, 0.3) is 0 Å². The Balaban J connectivity index is 1.85. The van der Waals surface area contributed by atoms with Crippen LogP contribution in [0.1, 0.15) is 21.7 Å². The van der Waals surface area contributed by atoms with E-state index in [0.29, 0.717) is 31.8 Å². The van der Waals surface area contributed by atoms with Crippen molar-refractivity contribution in [2.45, 2.75) is 20.4 Å². The SMILES string of the molecule is COCCn1c(C)cc(C(=O)COC(=O)CN2CCS(=O)(=O)CC2)c1C. The maximum Gasteiger partial charge on any atom is 0.320 e. The summed E-state index contributed by atoms with van der Waals surface area (Å²) in [6, 6.07) is 1.79. The highest BCUT2D eigenvalue weighted by Crippen LogP contribution is 2.16. The van der Waals surface area contributed by atoms with E-state index in [1.54, 1.807) is 18.1 Å². The van der Waals surface area contributed by atoms with E-state index in [0.717, 1.165) is 11.4 Å². The lowest BCUT2D eigenvalue weighted by molar-refractivity contribution is -0.143. The summed E-state index contributed by atoms with van der Waals surface area (Å²) in [6.07, 6.45) is 0. The number of Topliss-reactive ketones (excluding diaryl/α,β-unsaturated/α-hetero) is 1. The number of carbonyl (C=O) groups excluding carboxylic acids is 2. The molecule has 2 rings (SSSR count). The largest absolute Gasteiger partial charge is 0.456 e. The van der Waals surface area contributed by atoms with E-state index >= 15 is 0 Å². The summed E-state index contributed by atoms with van der Waals surface area (Å²) < 4.78 is 34.9. The molecule has 9 heteroatoms. The fourth-order valence-electron chi connectivity index (χ4n) is 2.97. The number of rotatable bonds is 8. The van der Waals surface area contributed by atoms with Gasteiger partial charge in [0.2, 0.25) is 5.78 Å². The van der Waals surface area contributed by atoms with Gasteiger partial charge in [-0.05, 0) is 19.9 Å². The summed E-state index contributed by atoms with van der Waals surface area (Å²) in [7, 11) is -1.36. The topological polar surface area (TPSA) is 94.9 Å². The molecule has 0 aliphatic carbocycles. The van der Waals surface area contributed by atoms with Crippen LogP contribution in [0.2, 0.25) is 0 Å². The van der Waals surface area contributed by atoms with Gasteiger partial charge in [-0.2, -0.15) is 0 Å². The first-order valence-corrected chi connectivity index (χ1v) is 10.3. The van der Waals surface area contributed by atoms with E-state index in [1.807, 2.05) is 18.4 Å². The fraction of sp³-hybridized carbons (Fsp3) is 0.647. The summed E-state index contributed by atoms with van der Waals surface area (Å²) in [5, 5.41) is 0. The van der Waals surface area contributed by atoms with Gasteiger partial charge in [0.15, 0.2) is 16.4 Å². The number of ether oxygens (including phenoxy) is 2. The van der Waals surface area contributed by atoms with Crippen LogP contribution in [0.4, 0.5) is 0 Å². The van der Waals surface area contributed by atoms with E-state index in [-0.39, 0.29) is 30.4 Å². The van der Waals surface area contributed by atoms with E-state index in [9.17, 15) is 18.0 Å². The number of sulfone groups is 1. The first kappa shape index (κ1) is 20.6. The number of carbonyl (C=O) groups is 2. The van der Waals surface area contributed by atoms with Crippen LogP contribution in [0.5, 0.6) is 0 Å².